The van der Waals surface area contributed by atoms with Gasteiger partial charge in [-0.2, -0.15) is 0 Å². The SMILES string of the molecule is Cc1ccc([C@H]2[C@@H](O)[C@H](O)[C@@H]2c2ccc(C)cc2)cc1. The largest absolute Gasteiger partial charge is 0.390 e. The first-order chi connectivity index (χ1) is 9.58. The van der Waals surface area contributed by atoms with Crippen LogP contribution in [0.3, 0.4) is 0 Å². The molecule has 3 rings (SSSR count). The van der Waals surface area contributed by atoms with Gasteiger partial charge in [-0.15, -0.1) is 0 Å². The Kier molecular flexibility index (Phi) is 3.36. The summed E-state index contributed by atoms with van der Waals surface area (Å²) in [5, 5.41) is 20.3. The molecule has 0 aromatic heterocycles. The third kappa shape index (κ3) is 2.15. The van der Waals surface area contributed by atoms with Crippen LogP contribution in [0, 0.1) is 13.8 Å². The number of rotatable bonds is 2. The average molecular weight is 268 g/mol. The van der Waals surface area contributed by atoms with E-state index in [-0.39, 0.29) is 11.8 Å². The van der Waals surface area contributed by atoms with Crippen LogP contribution >= 0.6 is 0 Å². The summed E-state index contributed by atoms with van der Waals surface area (Å²) in [6, 6.07) is 16.4. The van der Waals surface area contributed by atoms with Gasteiger partial charge in [0, 0.05) is 11.8 Å². The molecule has 0 radical (unpaired) electrons. The van der Waals surface area contributed by atoms with Crippen molar-refractivity contribution in [1.82, 2.24) is 0 Å². The van der Waals surface area contributed by atoms with Gasteiger partial charge < -0.3 is 10.2 Å². The van der Waals surface area contributed by atoms with Crippen LogP contribution < -0.4 is 0 Å². The highest BCUT2D eigenvalue weighted by molar-refractivity contribution is 5.38. The summed E-state index contributed by atoms with van der Waals surface area (Å²) >= 11 is 0. The summed E-state index contributed by atoms with van der Waals surface area (Å²) in [5.74, 6) is -0.0402. The standard InChI is InChI=1S/C18H20O2/c1-11-3-7-13(8-4-11)15-16(18(20)17(15)19)14-9-5-12(2)6-10-14/h3-10,15-20H,1-2H3/t15-,16-,17-,18-/m1/s1. The molecule has 2 aromatic carbocycles. The van der Waals surface area contributed by atoms with E-state index in [9.17, 15) is 10.2 Å². The maximum absolute atomic E-state index is 10.1. The van der Waals surface area contributed by atoms with Crippen molar-refractivity contribution in [2.75, 3.05) is 0 Å². The van der Waals surface area contributed by atoms with Crippen molar-refractivity contribution in [2.45, 2.75) is 37.9 Å². The molecule has 1 aliphatic rings. The molecule has 0 spiro atoms. The second-order valence-corrected chi connectivity index (χ2v) is 5.85. The average Bonchev–Trinajstić information content (AvgIpc) is 2.46. The first-order valence-electron chi connectivity index (χ1n) is 7.07. The Balaban J connectivity index is 1.93. The lowest BCUT2D eigenvalue weighted by atomic mass is 9.62. The molecule has 0 heterocycles. The van der Waals surface area contributed by atoms with Crippen LogP contribution in [0.15, 0.2) is 48.5 Å². The summed E-state index contributed by atoms with van der Waals surface area (Å²) in [5.41, 5.74) is 4.60. The van der Waals surface area contributed by atoms with Gasteiger partial charge in [-0.3, -0.25) is 0 Å². The highest BCUT2D eigenvalue weighted by Gasteiger charge is 2.50. The van der Waals surface area contributed by atoms with Gasteiger partial charge in [0.1, 0.15) is 0 Å². The number of hydrogen-bond acceptors (Lipinski definition) is 2. The van der Waals surface area contributed by atoms with Crippen molar-refractivity contribution >= 4 is 0 Å². The van der Waals surface area contributed by atoms with E-state index in [1.165, 1.54) is 11.1 Å². The van der Waals surface area contributed by atoms with Crippen molar-refractivity contribution in [3.8, 4) is 0 Å². The van der Waals surface area contributed by atoms with Crippen LogP contribution in [0.5, 0.6) is 0 Å². The van der Waals surface area contributed by atoms with Crippen molar-refractivity contribution in [1.29, 1.82) is 0 Å². The molecule has 0 aliphatic heterocycles. The number of aryl methyl sites for hydroxylation is 2. The van der Waals surface area contributed by atoms with Crippen LogP contribution in [0.2, 0.25) is 0 Å². The second kappa shape index (κ2) is 5.04. The zero-order chi connectivity index (χ0) is 14.3. The van der Waals surface area contributed by atoms with Crippen LogP contribution in [-0.2, 0) is 0 Å². The summed E-state index contributed by atoms with van der Waals surface area (Å²) < 4.78 is 0. The Hall–Kier alpha value is -1.64. The van der Waals surface area contributed by atoms with E-state index in [4.69, 9.17) is 0 Å². The van der Waals surface area contributed by atoms with Gasteiger partial charge in [0.15, 0.2) is 0 Å². The lowest BCUT2D eigenvalue weighted by molar-refractivity contribution is -0.0925. The first kappa shape index (κ1) is 13.3. The predicted molar refractivity (Wildman–Crippen MR) is 79.9 cm³/mol. The Morgan fingerprint density at radius 3 is 1.20 bits per heavy atom. The summed E-state index contributed by atoms with van der Waals surface area (Å²) in [4.78, 5) is 0. The van der Waals surface area contributed by atoms with Crippen molar-refractivity contribution in [3.63, 3.8) is 0 Å². The third-order valence-corrected chi connectivity index (χ3v) is 4.40. The van der Waals surface area contributed by atoms with Crippen LogP contribution in [0.4, 0.5) is 0 Å². The van der Waals surface area contributed by atoms with E-state index in [0.717, 1.165) is 11.1 Å². The minimum Gasteiger partial charge on any atom is -0.390 e. The van der Waals surface area contributed by atoms with Gasteiger partial charge in [0.2, 0.25) is 0 Å². The minimum atomic E-state index is -0.677. The second-order valence-electron chi connectivity index (χ2n) is 5.85. The van der Waals surface area contributed by atoms with E-state index >= 15 is 0 Å². The van der Waals surface area contributed by atoms with Crippen LogP contribution in [0.25, 0.3) is 0 Å². The molecule has 0 amide bonds. The maximum Gasteiger partial charge on any atom is 0.0880 e. The topological polar surface area (TPSA) is 40.5 Å². The highest BCUT2D eigenvalue weighted by Crippen LogP contribution is 2.49. The van der Waals surface area contributed by atoms with Gasteiger partial charge in [0.05, 0.1) is 12.2 Å². The van der Waals surface area contributed by atoms with Gasteiger partial charge >= 0.3 is 0 Å². The summed E-state index contributed by atoms with van der Waals surface area (Å²) in [7, 11) is 0. The molecule has 2 heteroatoms. The van der Waals surface area contributed by atoms with Crippen LogP contribution in [-0.4, -0.2) is 22.4 Å². The van der Waals surface area contributed by atoms with E-state index in [2.05, 4.69) is 48.5 Å². The predicted octanol–water partition coefficient (Wildman–Crippen LogP) is 2.91. The highest BCUT2D eigenvalue weighted by atomic mass is 16.3. The lowest BCUT2D eigenvalue weighted by Gasteiger charge is -2.47. The molecule has 0 saturated heterocycles. The van der Waals surface area contributed by atoms with Crippen molar-refractivity contribution < 1.29 is 10.2 Å². The summed E-state index contributed by atoms with van der Waals surface area (Å²) in [6.07, 6.45) is -1.35. The molecule has 1 fully saturated rings. The molecule has 2 nitrogen and oxygen atoms in total. The zero-order valence-corrected chi connectivity index (χ0v) is 11.8. The Morgan fingerprint density at radius 2 is 0.900 bits per heavy atom. The number of hydrogen-bond donors (Lipinski definition) is 2. The van der Waals surface area contributed by atoms with Gasteiger partial charge in [-0.25, -0.2) is 0 Å². The quantitative estimate of drug-likeness (QED) is 0.879. The summed E-state index contributed by atoms with van der Waals surface area (Å²) in [6.45, 7) is 4.10. The van der Waals surface area contributed by atoms with Crippen LogP contribution in [0.1, 0.15) is 34.1 Å². The Morgan fingerprint density at radius 1 is 0.600 bits per heavy atom. The molecular weight excluding hydrogens is 248 g/mol. The molecule has 104 valence electrons. The fraction of sp³-hybridized carbons (Fsp3) is 0.333. The molecule has 1 aliphatic carbocycles. The molecule has 0 bridgehead atoms. The molecule has 2 N–H and O–H groups in total. The Labute approximate surface area is 119 Å². The molecule has 20 heavy (non-hydrogen) atoms. The van der Waals surface area contributed by atoms with Crippen molar-refractivity contribution in [2.24, 2.45) is 0 Å². The fourth-order valence-corrected chi connectivity index (χ4v) is 3.09. The monoisotopic (exact) mass is 268 g/mol. The van der Waals surface area contributed by atoms with Gasteiger partial charge in [-0.1, -0.05) is 59.7 Å². The number of aliphatic hydroxyl groups is 2. The smallest absolute Gasteiger partial charge is 0.0880 e. The van der Waals surface area contributed by atoms with Gasteiger partial charge in [0.25, 0.3) is 0 Å². The molecular formula is C18H20O2. The lowest BCUT2D eigenvalue weighted by Crippen LogP contribution is -2.52. The van der Waals surface area contributed by atoms with Gasteiger partial charge in [-0.05, 0) is 25.0 Å². The molecule has 1 saturated carbocycles. The normalized spacial score (nSPS) is 29.0. The third-order valence-electron chi connectivity index (χ3n) is 4.40. The number of benzene rings is 2. The van der Waals surface area contributed by atoms with Crippen molar-refractivity contribution in [3.05, 3.63) is 70.8 Å². The van der Waals surface area contributed by atoms with E-state index in [1.54, 1.807) is 0 Å². The number of aliphatic hydroxyl groups excluding tert-OH is 2. The minimum absolute atomic E-state index is 0.0201. The molecule has 4 atom stereocenters. The Bertz CT molecular complexity index is 530. The zero-order valence-electron chi connectivity index (χ0n) is 11.8. The van der Waals surface area contributed by atoms with E-state index in [1.807, 2.05) is 13.8 Å². The maximum atomic E-state index is 10.1. The molecule has 0 unspecified atom stereocenters. The fourth-order valence-electron chi connectivity index (χ4n) is 3.09. The van der Waals surface area contributed by atoms with E-state index < -0.39 is 12.2 Å². The van der Waals surface area contributed by atoms with E-state index in [0.29, 0.717) is 0 Å². The molecule has 2 aromatic rings. The first-order valence-corrected chi connectivity index (χ1v) is 7.07.